The van der Waals surface area contributed by atoms with Crippen LogP contribution < -0.4 is 16.0 Å². The van der Waals surface area contributed by atoms with Gasteiger partial charge in [0.1, 0.15) is 6.33 Å². The molecular formula is C23H18FN7O. The van der Waals surface area contributed by atoms with Gasteiger partial charge in [0.2, 0.25) is 23.8 Å². The van der Waals surface area contributed by atoms with Gasteiger partial charge >= 0.3 is 0 Å². The Kier molecular flexibility index (Phi) is 6.08. The SMILES string of the molecule is C=CC(=O)Nc1cccc(Nc2ncnc(Nc3ccc(-c4ccc(F)nc4)cc3)n2)c1. The highest BCUT2D eigenvalue weighted by atomic mass is 19.1. The maximum absolute atomic E-state index is 13.0. The number of nitrogens with zero attached hydrogens (tertiary/aromatic N) is 4. The average molecular weight is 427 g/mol. The molecule has 0 fully saturated rings. The van der Waals surface area contributed by atoms with Crippen LogP contribution >= 0.6 is 0 Å². The molecule has 2 aromatic carbocycles. The smallest absolute Gasteiger partial charge is 0.247 e. The van der Waals surface area contributed by atoms with Crippen molar-refractivity contribution in [1.82, 2.24) is 19.9 Å². The Labute approximate surface area is 183 Å². The van der Waals surface area contributed by atoms with Gasteiger partial charge in [-0.3, -0.25) is 4.79 Å². The zero-order valence-electron chi connectivity index (χ0n) is 16.8. The number of rotatable bonds is 7. The molecule has 0 aliphatic heterocycles. The monoisotopic (exact) mass is 427 g/mol. The first-order valence-corrected chi connectivity index (χ1v) is 9.57. The number of aromatic nitrogens is 4. The van der Waals surface area contributed by atoms with Crippen LogP contribution in [0, 0.1) is 5.95 Å². The Morgan fingerprint density at radius 3 is 2.22 bits per heavy atom. The van der Waals surface area contributed by atoms with E-state index in [0.717, 1.165) is 16.8 Å². The lowest BCUT2D eigenvalue weighted by Gasteiger charge is -2.09. The minimum Gasteiger partial charge on any atom is -0.324 e. The lowest BCUT2D eigenvalue weighted by atomic mass is 10.1. The summed E-state index contributed by atoms with van der Waals surface area (Å²) in [5.74, 6) is -0.117. The molecule has 0 saturated heterocycles. The van der Waals surface area contributed by atoms with Crippen molar-refractivity contribution in [1.29, 1.82) is 0 Å². The van der Waals surface area contributed by atoms with Gasteiger partial charge in [0.25, 0.3) is 0 Å². The molecule has 0 unspecified atom stereocenters. The van der Waals surface area contributed by atoms with Gasteiger partial charge in [-0.1, -0.05) is 24.8 Å². The number of amides is 1. The van der Waals surface area contributed by atoms with Crippen molar-refractivity contribution in [3.63, 3.8) is 0 Å². The fourth-order valence-corrected chi connectivity index (χ4v) is 2.84. The van der Waals surface area contributed by atoms with E-state index in [2.05, 4.69) is 42.5 Å². The van der Waals surface area contributed by atoms with E-state index in [9.17, 15) is 9.18 Å². The topological polar surface area (TPSA) is 105 Å². The highest BCUT2D eigenvalue weighted by Crippen LogP contribution is 2.23. The Hall–Kier alpha value is -4.66. The molecule has 0 bridgehead atoms. The second-order valence-electron chi connectivity index (χ2n) is 6.60. The molecule has 0 aliphatic carbocycles. The Balaban J connectivity index is 1.44. The predicted octanol–water partition coefficient (Wildman–Crippen LogP) is 4.68. The molecule has 32 heavy (non-hydrogen) atoms. The second-order valence-corrected chi connectivity index (χ2v) is 6.60. The van der Waals surface area contributed by atoms with Crippen molar-refractivity contribution in [3.8, 4) is 11.1 Å². The lowest BCUT2D eigenvalue weighted by molar-refractivity contribution is -0.111. The van der Waals surface area contributed by atoms with Crippen LogP contribution in [0.25, 0.3) is 11.1 Å². The van der Waals surface area contributed by atoms with Gasteiger partial charge in [0.15, 0.2) is 0 Å². The number of hydrogen-bond acceptors (Lipinski definition) is 7. The molecule has 9 heteroatoms. The standard InChI is InChI=1S/C23H18FN7O/c1-2-21(32)28-18-4-3-5-19(12-18)30-23-27-14-26-22(31-23)29-17-9-6-15(7-10-17)16-8-11-20(24)25-13-16/h2-14H,1H2,(H,28,32)(H2,26,27,29,30,31). The summed E-state index contributed by atoms with van der Waals surface area (Å²) in [6, 6.07) is 17.6. The number of carbonyl (C=O) groups is 1. The van der Waals surface area contributed by atoms with Crippen LogP contribution in [0.3, 0.4) is 0 Å². The normalized spacial score (nSPS) is 10.3. The third-order valence-electron chi connectivity index (χ3n) is 4.35. The first-order valence-electron chi connectivity index (χ1n) is 9.57. The molecule has 3 N–H and O–H groups in total. The lowest BCUT2D eigenvalue weighted by Crippen LogP contribution is -2.07. The van der Waals surface area contributed by atoms with E-state index in [4.69, 9.17) is 0 Å². The summed E-state index contributed by atoms with van der Waals surface area (Å²) in [6.45, 7) is 3.44. The number of carbonyl (C=O) groups excluding carboxylic acids is 1. The van der Waals surface area contributed by atoms with Gasteiger partial charge < -0.3 is 16.0 Å². The number of nitrogens with one attached hydrogen (secondary N) is 3. The summed E-state index contributed by atoms with van der Waals surface area (Å²) in [4.78, 5) is 27.8. The van der Waals surface area contributed by atoms with Gasteiger partial charge in [-0.25, -0.2) is 15.0 Å². The van der Waals surface area contributed by atoms with E-state index in [0.29, 0.717) is 23.3 Å². The van der Waals surface area contributed by atoms with Gasteiger partial charge in [-0.2, -0.15) is 9.37 Å². The molecule has 2 heterocycles. The van der Waals surface area contributed by atoms with E-state index >= 15 is 0 Å². The first-order chi connectivity index (χ1) is 15.6. The van der Waals surface area contributed by atoms with Crippen molar-refractivity contribution in [3.05, 3.63) is 91.8 Å². The van der Waals surface area contributed by atoms with Gasteiger partial charge in [0, 0.05) is 28.8 Å². The number of hydrogen-bond donors (Lipinski definition) is 3. The molecule has 4 rings (SSSR count). The molecular weight excluding hydrogens is 409 g/mol. The molecule has 0 radical (unpaired) electrons. The highest BCUT2D eigenvalue weighted by Gasteiger charge is 2.05. The Bertz CT molecular complexity index is 1240. The van der Waals surface area contributed by atoms with Crippen molar-refractivity contribution < 1.29 is 9.18 Å². The van der Waals surface area contributed by atoms with Crippen LogP contribution in [0.5, 0.6) is 0 Å². The van der Waals surface area contributed by atoms with Crippen LogP contribution in [0.15, 0.2) is 85.8 Å². The van der Waals surface area contributed by atoms with E-state index in [1.54, 1.807) is 24.3 Å². The van der Waals surface area contributed by atoms with Crippen LogP contribution in [0.2, 0.25) is 0 Å². The maximum Gasteiger partial charge on any atom is 0.247 e. The third kappa shape index (κ3) is 5.28. The van der Waals surface area contributed by atoms with Gasteiger partial charge in [-0.05, 0) is 54.1 Å². The van der Waals surface area contributed by atoms with E-state index in [1.807, 2.05) is 30.3 Å². The Morgan fingerprint density at radius 1 is 0.844 bits per heavy atom. The van der Waals surface area contributed by atoms with Crippen molar-refractivity contribution in [2.24, 2.45) is 0 Å². The highest BCUT2D eigenvalue weighted by molar-refractivity contribution is 5.99. The average Bonchev–Trinajstić information content (AvgIpc) is 2.81. The zero-order valence-corrected chi connectivity index (χ0v) is 16.8. The van der Waals surface area contributed by atoms with E-state index in [1.165, 1.54) is 24.7 Å². The zero-order chi connectivity index (χ0) is 22.3. The van der Waals surface area contributed by atoms with E-state index < -0.39 is 5.95 Å². The minimum absolute atomic E-state index is 0.296. The van der Waals surface area contributed by atoms with Gasteiger partial charge in [0.05, 0.1) is 0 Å². The fourth-order valence-electron chi connectivity index (χ4n) is 2.84. The van der Waals surface area contributed by atoms with Crippen LogP contribution in [0.1, 0.15) is 0 Å². The molecule has 8 nitrogen and oxygen atoms in total. The number of halogens is 1. The van der Waals surface area contributed by atoms with Crippen LogP contribution in [0.4, 0.5) is 33.3 Å². The summed E-state index contributed by atoms with van der Waals surface area (Å²) in [5.41, 5.74) is 3.81. The molecule has 1 amide bonds. The molecule has 0 saturated carbocycles. The van der Waals surface area contributed by atoms with Gasteiger partial charge in [-0.15, -0.1) is 0 Å². The minimum atomic E-state index is -0.514. The van der Waals surface area contributed by atoms with Crippen molar-refractivity contribution in [2.45, 2.75) is 0 Å². The molecule has 0 spiro atoms. The fraction of sp³-hybridized carbons (Fsp3) is 0. The summed E-state index contributed by atoms with van der Waals surface area (Å²) in [6.07, 6.45) is 4.08. The summed E-state index contributed by atoms with van der Waals surface area (Å²) < 4.78 is 13.0. The molecule has 158 valence electrons. The largest absolute Gasteiger partial charge is 0.324 e. The van der Waals surface area contributed by atoms with Crippen molar-refractivity contribution >= 4 is 34.9 Å². The maximum atomic E-state index is 13.0. The van der Waals surface area contributed by atoms with E-state index in [-0.39, 0.29) is 5.91 Å². The molecule has 4 aromatic rings. The predicted molar refractivity (Wildman–Crippen MR) is 121 cm³/mol. The molecule has 0 atom stereocenters. The quantitative estimate of drug-likeness (QED) is 0.290. The summed E-state index contributed by atoms with van der Waals surface area (Å²) in [5, 5.41) is 8.89. The van der Waals surface area contributed by atoms with Crippen LogP contribution in [-0.4, -0.2) is 25.8 Å². The van der Waals surface area contributed by atoms with Crippen molar-refractivity contribution in [2.75, 3.05) is 16.0 Å². The Morgan fingerprint density at radius 2 is 1.53 bits per heavy atom. The number of benzene rings is 2. The summed E-state index contributed by atoms with van der Waals surface area (Å²) in [7, 11) is 0. The summed E-state index contributed by atoms with van der Waals surface area (Å²) >= 11 is 0. The molecule has 2 aromatic heterocycles. The number of anilines is 5. The first kappa shape index (κ1) is 20.6. The van der Waals surface area contributed by atoms with Crippen LogP contribution in [-0.2, 0) is 4.79 Å². The number of pyridine rings is 1. The second kappa shape index (κ2) is 9.43. The molecule has 0 aliphatic rings. The third-order valence-corrected chi connectivity index (χ3v) is 4.35.